The smallest absolute Gasteiger partial charge is 0.383 e. The van der Waals surface area contributed by atoms with Gasteiger partial charge in [0.15, 0.2) is 0 Å². The summed E-state index contributed by atoms with van der Waals surface area (Å²) in [6.45, 7) is 0. The van der Waals surface area contributed by atoms with Crippen LogP contribution >= 0.6 is 0 Å². The van der Waals surface area contributed by atoms with E-state index in [4.69, 9.17) is 11.0 Å². The minimum atomic E-state index is -4.39. The number of nitrogen functional groups attached to an aromatic ring is 1. The standard InChI is InChI=1S/C11H7F3N4/c12-11(13,14)7-3-1-6(2-4-7)9-8(5-15)10(16)18-17-9/h1-4H,(H3,16,17,18). The Hall–Kier alpha value is -2.49. The topological polar surface area (TPSA) is 78.5 Å². The number of halogens is 3. The van der Waals surface area contributed by atoms with Gasteiger partial charge in [0.05, 0.1) is 5.56 Å². The Morgan fingerprint density at radius 2 is 1.83 bits per heavy atom. The summed E-state index contributed by atoms with van der Waals surface area (Å²) in [5.41, 5.74) is 5.47. The molecule has 0 saturated carbocycles. The molecule has 4 nitrogen and oxygen atoms in total. The third-order valence-corrected chi connectivity index (χ3v) is 2.39. The zero-order valence-electron chi connectivity index (χ0n) is 8.92. The Balaban J connectivity index is 2.45. The van der Waals surface area contributed by atoms with E-state index < -0.39 is 11.7 Å². The summed E-state index contributed by atoms with van der Waals surface area (Å²) in [7, 11) is 0. The molecule has 2 aromatic rings. The van der Waals surface area contributed by atoms with Crippen molar-refractivity contribution in [3.63, 3.8) is 0 Å². The molecule has 1 aromatic carbocycles. The summed E-state index contributed by atoms with van der Waals surface area (Å²) in [5.74, 6) is 0.0902. The number of alkyl halides is 3. The summed E-state index contributed by atoms with van der Waals surface area (Å²) in [6.07, 6.45) is -4.39. The monoisotopic (exact) mass is 252 g/mol. The van der Waals surface area contributed by atoms with Crippen molar-refractivity contribution < 1.29 is 13.2 Å². The van der Waals surface area contributed by atoms with Crippen LogP contribution in [-0.2, 0) is 6.18 Å². The average molecular weight is 252 g/mol. The number of nitrogens with zero attached hydrogens (tertiary/aromatic N) is 2. The molecule has 0 aliphatic heterocycles. The first-order valence-electron chi connectivity index (χ1n) is 4.85. The Bertz CT molecular complexity index is 605. The number of rotatable bonds is 1. The summed E-state index contributed by atoms with van der Waals surface area (Å²) in [4.78, 5) is 0. The first kappa shape index (κ1) is 12.0. The molecule has 7 heteroatoms. The largest absolute Gasteiger partial charge is 0.416 e. The molecule has 0 unspecified atom stereocenters. The van der Waals surface area contributed by atoms with Gasteiger partial charge in [0.2, 0.25) is 0 Å². The number of aromatic nitrogens is 2. The lowest BCUT2D eigenvalue weighted by molar-refractivity contribution is -0.137. The van der Waals surface area contributed by atoms with Gasteiger partial charge in [-0.3, -0.25) is 5.10 Å². The number of nitrogens with two attached hydrogens (primary N) is 1. The predicted molar refractivity (Wildman–Crippen MR) is 58.2 cm³/mol. The molecule has 0 bridgehead atoms. The molecule has 3 N–H and O–H groups in total. The van der Waals surface area contributed by atoms with Crippen molar-refractivity contribution in [2.24, 2.45) is 0 Å². The summed E-state index contributed by atoms with van der Waals surface area (Å²) in [5, 5.41) is 15.1. The number of hydrogen-bond donors (Lipinski definition) is 2. The van der Waals surface area contributed by atoms with Gasteiger partial charge in [0.1, 0.15) is 23.1 Å². The van der Waals surface area contributed by atoms with Crippen LogP contribution in [-0.4, -0.2) is 10.2 Å². The fourth-order valence-electron chi connectivity index (χ4n) is 1.49. The van der Waals surface area contributed by atoms with Gasteiger partial charge in [-0.05, 0) is 12.1 Å². The van der Waals surface area contributed by atoms with E-state index in [-0.39, 0.29) is 17.1 Å². The number of benzene rings is 1. The SMILES string of the molecule is N#Cc1c(-c2ccc(C(F)(F)F)cc2)n[nH]c1N. The van der Waals surface area contributed by atoms with Gasteiger partial charge in [0, 0.05) is 5.56 Å². The van der Waals surface area contributed by atoms with Crippen LogP contribution in [0.2, 0.25) is 0 Å². The van der Waals surface area contributed by atoms with Gasteiger partial charge >= 0.3 is 6.18 Å². The fraction of sp³-hybridized carbons (Fsp3) is 0.0909. The van der Waals surface area contributed by atoms with E-state index in [0.29, 0.717) is 5.56 Å². The lowest BCUT2D eigenvalue weighted by Gasteiger charge is -2.06. The van der Waals surface area contributed by atoms with Crippen LogP contribution in [0.15, 0.2) is 24.3 Å². The quantitative estimate of drug-likeness (QED) is 0.818. The minimum absolute atomic E-state index is 0.0902. The Kier molecular flexibility index (Phi) is 2.71. The van der Waals surface area contributed by atoms with Gasteiger partial charge in [-0.15, -0.1) is 0 Å². The number of H-pyrrole nitrogens is 1. The maximum Gasteiger partial charge on any atom is 0.416 e. The molecule has 0 fully saturated rings. The van der Waals surface area contributed by atoms with Gasteiger partial charge in [-0.2, -0.15) is 23.5 Å². The maximum absolute atomic E-state index is 12.4. The molecular weight excluding hydrogens is 245 g/mol. The molecular formula is C11H7F3N4. The molecule has 18 heavy (non-hydrogen) atoms. The molecule has 0 spiro atoms. The van der Waals surface area contributed by atoms with E-state index in [2.05, 4.69) is 10.2 Å². The minimum Gasteiger partial charge on any atom is -0.383 e. The van der Waals surface area contributed by atoms with E-state index in [0.717, 1.165) is 12.1 Å². The number of anilines is 1. The van der Waals surface area contributed by atoms with Crippen molar-refractivity contribution in [3.05, 3.63) is 35.4 Å². The molecule has 0 amide bonds. The molecule has 0 aliphatic rings. The number of hydrogen-bond acceptors (Lipinski definition) is 3. The van der Waals surface area contributed by atoms with Crippen LogP contribution < -0.4 is 5.73 Å². The van der Waals surface area contributed by atoms with E-state index in [1.54, 1.807) is 0 Å². The lowest BCUT2D eigenvalue weighted by Crippen LogP contribution is -2.04. The zero-order valence-corrected chi connectivity index (χ0v) is 8.92. The second kappa shape index (κ2) is 4.07. The van der Waals surface area contributed by atoms with Crippen molar-refractivity contribution in [1.82, 2.24) is 10.2 Å². The van der Waals surface area contributed by atoms with Crippen molar-refractivity contribution >= 4 is 5.82 Å². The summed E-state index contributed by atoms with van der Waals surface area (Å²) < 4.78 is 37.1. The number of aromatic amines is 1. The highest BCUT2D eigenvalue weighted by molar-refractivity contribution is 5.72. The van der Waals surface area contributed by atoms with E-state index in [9.17, 15) is 13.2 Å². The van der Waals surface area contributed by atoms with Crippen LogP contribution in [0.25, 0.3) is 11.3 Å². The third kappa shape index (κ3) is 2.00. The van der Waals surface area contributed by atoms with Gasteiger partial charge in [-0.25, -0.2) is 0 Å². The fourth-order valence-corrected chi connectivity index (χ4v) is 1.49. The molecule has 0 aliphatic carbocycles. The van der Waals surface area contributed by atoms with Crippen molar-refractivity contribution in [2.75, 3.05) is 5.73 Å². The van der Waals surface area contributed by atoms with Crippen LogP contribution in [0, 0.1) is 11.3 Å². The number of nitriles is 1. The van der Waals surface area contributed by atoms with Crippen LogP contribution in [0.1, 0.15) is 11.1 Å². The molecule has 1 heterocycles. The molecule has 1 aromatic heterocycles. The third-order valence-electron chi connectivity index (χ3n) is 2.39. The molecule has 0 radical (unpaired) electrons. The highest BCUT2D eigenvalue weighted by Crippen LogP contribution is 2.31. The molecule has 2 rings (SSSR count). The summed E-state index contributed by atoms with van der Waals surface area (Å²) >= 11 is 0. The average Bonchev–Trinajstić information content (AvgIpc) is 2.69. The van der Waals surface area contributed by atoms with Gasteiger partial charge in [0.25, 0.3) is 0 Å². The highest BCUT2D eigenvalue weighted by atomic mass is 19.4. The number of nitrogens with one attached hydrogen (secondary N) is 1. The van der Waals surface area contributed by atoms with Crippen LogP contribution in [0.4, 0.5) is 19.0 Å². The first-order chi connectivity index (χ1) is 8.43. The van der Waals surface area contributed by atoms with E-state index in [1.165, 1.54) is 12.1 Å². The summed E-state index contributed by atoms with van der Waals surface area (Å²) in [6, 6.07) is 6.21. The molecule has 0 atom stereocenters. The van der Waals surface area contributed by atoms with Gasteiger partial charge in [-0.1, -0.05) is 12.1 Å². The van der Waals surface area contributed by atoms with Gasteiger partial charge < -0.3 is 5.73 Å². The second-order valence-corrected chi connectivity index (χ2v) is 3.55. The van der Waals surface area contributed by atoms with E-state index >= 15 is 0 Å². The molecule has 92 valence electrons. The van der Waals surface area contributed by atoms with Crippen LogP contribution in [0.5, 0.6) is 0 Å². The first-order valence-corrected chi connectivity index (χ1v) is 4.85. The van der Waals surface area contributed by atoms with Crippen molar-refractivity contribution in [1.29, 1.82) is 5.26 Å². The zero-order chi connectivity index (χ0) is 13.3. The second-order valence-electron chi connectivity index (χ2n) is 3.55. The Morgan fingerprint density at radius 3 is 2.33 bits per heavy atom. The van der Waals surface area contributed by atoms with Crippen LogP contribution in [0.3, 0.4) is 0 Å². The van der Waals surface area contributed by atoms with E-state index in [1.807, 2.05) is 6.07 Å². The highest BCUT2D eigenvalue weighted by Gasteiger charge is 2.30. The van der Waals surface area contributed by atoms with Crippen molar-refractivity contribution in [2.45, 2.75) is 6.18 Å². The lowest BCUT2D eigenvalue weighted by atomic mass is 10.1. The Labute approximate surface area is 99.8 Å². The maximum atomic E-state index is 12.4. The normalized spacial score (nSPS) is 11.2. The predicted octanol–water partition coefficient (Wildman–Crippen LogP) is 2.55. The molecule has 0 saturated heterocycles. The Morgan fingerprint density at radius 1 is 1.22 bits per heavy atom. The van der Waals surface area contributed by atoms with Crippen molar-refractivity contribution in [3.8, 4) is 17.3 Å².